The summed E-state index contributed by atoms with van der Waals surface area (Å²) in [7, 11) is 0. The molecule has 0 aromatic rings. The maximum absolute atomic E-state index is 10.3. The van der Waals surface area contributed by atoms with Crippen molar-refractivity contribution in [2.24, 2.45) is 5.92 Å². The molecule has 0 amide bonds. The molecular weight excluding hydrogens is 180 g/mol. The monoisotopic (exact) mass is 188 g/mol. The molecule has 0 aliphatic heterocycles. The van der Waals surface area contributed by atoms with Crippen LogP contribution in [0.5, 0.6) is 0 Å². The third-order valence-corrected chi connectivity index (χ3v) is 2.11. The Hall–Kier alpha value is -0.800. The number of aliphatic hydroxyl groups is 1. The van der Waals surface area contributed by atoms with E-state index in [-0.39, 0.29) is 6.42 Å². The SMILES string of the molecule is O=C(O)CC1C=CC=CC1(O)Cl. The van der Waals surface area contributed by atoms with Gasteiger partial charge in [-0.25, -0.2) is 0 Å². The lowest BCUT2D eigenvalue weighted by atomic mass is 9.94. The third-order valence-electron chi connectivity index (χ3n) is 1.70. The fourth-order valence-corrected chi connectivity index (χ4v) is 1.27. The summed E-state index contributed by atoms with van der Waals surface area (Å²) in [6.45, 7) is 0. The van der Waals surface area contributed by atoms with Gasteiger partial charge in [0.15, 0.2) is 5.06 Å². The molecule has 0 saturated carbocycles. The average Bonchev–Trinajstić information content (AvgIpc) is 1.92. The van der Waals surface area contributed by atoms with Gasteiger partial charge in [0, 0.05) is 5.92 Å². The molecular formula is C8H9ClO3. The van der Waals surface area contributed by atoms with Crippen molar-refractivity contribution in [1.29, 1.82) is 0 Å². The summed E-state index contributed by atoms with van der Waals surface area (Å²) in [5.41, 5.74) is 0. The maximum atomic E-state index is 10.3. The predicted octanol–water partition coefficient (Wildman–Crippen LogP) is 1.13. The molecule has 2 atom stereocenters. The topological polar surface area (TPSA) is 57.5 Å². The summed E-state index contributed by atoms with van der Waals surface area (Å²) in [5.74, 6) is -1.53. The normalized spacial score (nSPS) is 33.7. The van der Waals surface area contributed by atoms with Crippen LogP contribution in [0.15, 0.2) is 24.3 Å². The molecule has 4 heteroatoms. The second kappa shape index (κ2) is 3.29. The molecule has 1 aliphatic rings. The van der Waals surface area contributed by atoms with E-state index in [1.54, 1.807) is 18.2 Å². The highest BCUT2D eigenvalue weighted by atomic mass is 35.5. The summed E-state index contributed by atoms with van der Waals surface area (Å²) in [5, 5.41) is 16.4. The number of halogens is 1. The van der Waals surface area contributed by atoms with Crippen molar-refractivity contribution in [2.45, 2.75) is 11.5 Å². The van der Waals surface area contributed by atoms with E-state index in [0.29, 0.717) is 0 Å². The van der Waals surface area contributed by atoms with Crippen LogP contribution in [0.4, 0.5) is 0 Å². The molecule has 66 valence electrons. The number of carbonyl (C=O) groups is 1. The second-order valence-electron chi connectivity index (χ2n) is 2.68. The zero-order chi connectivity index (χ0) is 9.19. The van der Waals surface area contributed by atoms with Crippen molar-refractivity contribution in [3.05, 3.63) is 24.3 Å². The number of hydrogen-bond donors (Lipinski definition) is 2. The molecule has 0 aromatic carbocycles. The van der Waals surface area contributed by atoms with Crippen LogP contribution < -0.4 is 0 Å². The number of carboxylic acids is 1. The van der Waals surface area contributed by atoms with Crippen molar-refractivity contribution < 1.29 is 15.0 Å². The van der Waals surface area contributed by atoms with E-state index in [2.05, 4.69) is 0 Å². The first-order chi connectivity index (χ1) is 5.52. The van der Waals surface area contributed by atoms with E-state index < -0.39 is 16.9 Å². The van der Waals surface area contributed by atoms with Crippen LogP contribution in [-0.4, -0.2) is 21.2 Å². The highest BCUT2D eigenvalue weighted by molar-refractivity contribution is 6.24. The Morgan fingerprint density at radius 3 is 2.75 bits per heavy atom. The van der Waals surface area contributed by atoms with Gasteiger partial charge in [0.2, 0.25) is 0 Å². The van der Waals surface area contributed by atoms with E-state index in [4.69, 9.17) is 16.7 Å². The quantitative estimate of drug-likeness (QED) is 0.639. The minimum atomic E-state index is -1.55. The Balaban J connectivity index is 2.70. The minimum absolute atomic E-state index is 0.166. The number of hydrogen-bond acceptors (Lipinski definition) is 2. The largest absolute Gasteiger partial charge is 0.481 e. The summed E-state index contributed by atoms with van der Waals surface area (Å²) >= 11 is 5.64. The molecule has 3 nitrogen and oxygen atoms in total. The van der Waals surface area contributed by atoms with Crippen LogP contribution in [0.3, 0.4) is 0 Å². The fraction of sp³-hybridized carbons (Fsp3) is 0.375. The van der Waals surface area contributed by atoms with Gasteiger partial charge in [0.25, 0.3) is 0 Å². The number of aliphatic carboxylic acids is 1. The summed E-state index contributed by atoms with van der Waals surface area (Å²) < 4.78 is 0. The molecule has 0 saturated heterocycles. The number of rotatable bonds is 2. The van der Waals surface area contributed by atoms with Crippen LogP contribution in [-0.2, 0) is 4.79 Å². The summed E-state index contributed by atoms with van der Waals surface area (Å²) in [6.07, 6.45) is 6.06. The Morgan fingerprint density at radius 2 is 2.25 bits per heavy atom. The van der Waals surface area contributed by atoms with Gasteiger partial charge in [0.1, 0.15) is 0 Å². The smallest absolute Gasteiger partial charge is 0.304 e. The second-order valence-corrected chi connectivity index (χ2v) is 3.28. The molecule has 2 N–H and O–H groups in total. The molecule has 0 spiro atoms. The average molecular weight is 189 g/mol. The van der Waals surface area contributed by atoms with Crippen molar-refractivity contribution in [3.63, 3.8) is 0 Å². The standard InChI is InChI=1S/C8H9ClO3/c9-8(12)4-2-1-3-6(8)5-7(10)11/h1-4,6,12H,5H2,(H,10,11). The summed E-state index contributed by atoms with van der Waals surface area (Å²) in [6, 6.07) is 0. The first-order valence-electron chi connectivity index (χ1n) is 3.51. The zero-order valence-corrected chi connectivity index (χ0v) is 7.03. The van der Waals surface area contributed by atoms with Gasteiger partial charge in [-0.15, -0.1) is 0 Å². The van der Waals surface area contributed by atoms with E-state index >= 15 is 0 Å². The molecule has 0 fully saturated rings. The van der Waals surface area contributed by atoms with Gasteiger partial charge in [-0.1, -0.05) is 29.8 Å². The fourth-order valence-electron chi connectivity index (χ4n) is 1.05. The highest BCUT2D eigenvalue weighted by Crippen LogP contribution is 2.30. The Labute approximate surface area is 75.0 Å². The van der Waals surface area contributed by atoms with Gasteiger partial charge in [-0.05, 0) is 6.08 Å². The number of carboxylic acid groups (broad SMARTS) is 1. The first kappa shape index (κ1) is 9.29. The van der Waals surface area contributed by atoms with Gasteiger partial charge < -0.3 is 10.2 Å². The van der Waals surface area contributed by atoms with Crippen LogP contribution in [0.1, 0.15) is 6.42 Å². The van der Waals surface area contributed by atoms with E-state index in [1.807, 2.05) is 0 Å². The molecule has 1 aliphatic carbocycles. The van der Waals surface area contributed by atoms with E-state index in [9.17, 15) is 9.90 Å². The predicted molar refractivity (Wildman–Crippen MR) is 44.8 cm³/mol. The van der Waals surface area contributed by atoms with Gasteiger partial charge in [-0.2, -0.15) is 0 Å². The molecule has 12 heavy (non-hydrogen) atoms. The highest BCUT2D eigenvalue weighted by Gasteiger charge is 2.32. The maximum Gasteiger partial charge on any atom is 0.304 e. The Kier molecular flexibility index (Phi) is 2.55. The molecule has 0 bridgehead atoms. The Bertz CT molecular complexity index is 243. The van der Waals surface area contributed by atoms with Crippen molar-refractivity contribution >= 4 is 17.6 Å². The van der Waals surface area contributed by atoms with E-state index in [1.165, 1.54) is 6.08 Å². The van der Waals surface area contributed by atoms with Crippen molar-refractivity contribution in [3.8, 4) is 0 Å². The molecule has 0 radical (unpaired) electrons. The lowest BCUT2D eigenvalue weighted by molar-refractivity contribution is -0.138. The third kappa shape index (κ3) is 2.09. The lowest BCUT2D eigenvalue weighted by Gasteiger charge is -2.25. The minimum Gasteiger partial charge on any atom is -0.481 e. The summed E-state index contributed by atoms with van der Waals surface area (Å²) in [4.78, 5) is 10.3. The van der Waals surface area contributed by atoms with Crippen LogP contribution in [0, 0.1) is 5.92 Å². The van der Waals surface area contributed by atoms with Gasteiger partial charge in [0.05, 0.1) is 6.42 Å². The van der Waals surface area contributed by atoms with Crippen LogP contribution in [0.2, 0.25) is 0 Å². The number of allylic oxidation sites excluding steroid dienone is 2. The van der Waals surface area contributed by atoms with Crippen LogP contribution >= 0.6 is 11.6 Å². The first-order valence-corrected chi connectivity index (χ1v) is 3.89. The zero-order valence-electron chi connectivity index (χ0n) is 6.27. The molecule has 1 rings (SSSR count). The van der Waals surface area contributed by atoms with Crippen molar-refractivity contribution in [2.75, 3.05) is 0 Å². The van der Waals surface area contributed by atoms with Gasteiger partial charge >= 0.3 is 5.97 Å². The Morgan fingerprint density at radius 1 is 1.58 bits per heavy atom. The molecule has 0 aromatic heterocycles. The van der Waals surface area contributed by atoms with E-state index in [0.717, 1.165) is 0 Å². The lowest BCUT2D eigenvalue weighted by Crippen LogP contribution is -2.31. The molecule has 0 heterocycles. The van der Waals surface area contributed by atoms with Crippen molar-refractivity contribution in [1.82, 2.24) is 0 Å². The molecule has 2 unspecified atom stereocenters. The van der Waals surface area contributed by atoms with Gasteiger partial charge in [-0.3, -0.25) is 4.79 Å². The number of alkyl halides is 1. The van der Waals surface area contributed by atoms with Crippen LogP contribution in [0.25, 0.3) is 0 Å².